The Labute approximate surface area is 164 Å². The number of carbonyl (C=O) groups is 2. The highest BCUT2D eigenvalue weighted by Crippen LogP contribution is 2.33. The molecule has 2 aromatic heterocycles. The molecule has 1 aliphatic heterocycles. The van der Waals surface area contributed by atoms with Gasteiger partial charge in [0.05, 0.1) is 17.5 Å². The van der Waals surface area contributed by atoms with Crippen LogP contribution in [-0.2, 0) is 18.4 Å². The molecule has 3 aromatic rings. The van der Waals surface area contributed by atoms with E-state index in [1.807, 2.05) is 0 Å². The van der Waals surface area contributed by atoms with Crippen molar-refractivity contribution in [1.29, 1.82) is 0 Å². The first-order valence-corrected chi connectivity index (χ1v) is 8.80. The number of amides is 1. The van der Waals surface area contributed by atoms with Gasteiger partial charge < -0.3 is 15.3 Å². The van der Waals surface area contributed by atoms with E-state index in [1.54, 1.807) is 30.1 Å². The van der Waals surface area contributed by atoms with Crippen LogP contribution in [0.2, 0.25) is 0 Å². The van der Waals surface area contributed by atoms with E-state index in [0.717, 1.165) is 4.90 Å². The Kier molecular flexibility index (Phi) is 4.45. The Morgan fingerprint density at radius 2 is 2.07 bits per heavy atom. The lowest BCUT2D eigenvalue weighted by Gasteiger charge is -2.20. The Morgan fingerprint density at radius 1 is 1.28 bits per heavy atom. The van der Waals surface area contributed by atoms with Crippen LogP contribution in [0.4, 0.5) is 16.2 Å². The van der Waals surface area contributed by atoms with Gasteiger partial charge in [0.25, 0.3) is 5.91 Å². The highest BCUT2D eigenvalue weighted by molar-refractivity contribution is 6.01. The second-order valence-electron chi connectivity index (χ2n) is 6.64. The number of hydrogen-bond donors (Lipinski definition) is 2. The van der Waals surface area contributed by atoms with Gasteiger partial charge in [-0.05, 0) is 24.6 Å². The fourth-order valence-corrected chi connectivity index (χ4v) is 3.20. The SMILES string of the molecule is CC(C(=O)O)N1Cc2ccc(-c3ccnc(Nc4ccnn4C)n3)c(F)c2C1=O. The molecule has 0 aliphatic carbocycles. The molecule has 29 heavy (non-hydrogen) atoms. The largest absolute Gasteiger partial charge is 0.480 e. The molecule has 0 saturated heterocycles. The molecule has 4 rings (SSSR count). The monoisotopic (exact) mass is 396 g/mol. The van der Waals surface area contributed by atoms with Crippen molar-refractivity contribution in [1.82, 2.24) is 24.6 Å². The Hall–Kier alpha value is -3.82. The number of nitrogens with one attached hydrogen (secondary N) is 1. The molecule has 3 heterocycles. The maximum Gasteiger partial charge on any atom is 0.326 e. The van der Waals surface area contributed by atoms with Crippen LogP contribution < -0.4 is 5.32 Å². The minimum atomic E-state index is -1.14. The van der Waals surface area contributed by atoms with Crippen molar-refractivity contribution in [3.63, 3.8) is 0 Å². The summed E-state index contributed by atoms with van der Waals surface area (Å²) in [6.45, 7) is 1.45. The number of halogens is 1. The van der Waals surface area contributed by atoms with Crippen molar-refractivity contribution in [2.45, 2.75) is 19.5 Å². The topological polar surface area (TPSA) is 113 Å². The van der Waals surface area contributed by atoms with Gasteiger partial charge >= 0.3 is 5.97 Å². The number of carbonyl (C=O) groups excluding carboxylic acids is 1. The highest BCUT2D eigenvalue weighted by Gasteiger charge is 2.37. The minimum absolute atomic E-state index is 0.0515. The lowest BCUT2D eigenvalue weighted by atomic mass is 10.0. The van der Waals surface area contributed by atoms with E-state index in [2.05, 4.69) is 20.4 Å². The minimum Gasteiger partial charge on any atom is -0.480 e. The number of fused-ring (bicyclic) bond motifs is 1. The fourth-order valence-electron chi connectivity index (χ4n) is 3.20. The van der Waals surface area contributed by atoms with Crippen molar-refractivity contribution in [3.05, 3.63) is 53.6 Å². The van der Waals surface area contributed by atoms with Crippen LogP contribution in [0.1, 0.15) is 22.8 Å². The molecule has 0 spiro atoms. The number of hydrogen-bond acceptors (Lipinski definition) is 6. The van der Waals surface area contributed by atoms with Crippen LogP contribution >= 0.6 is 0 Å². The summed E-state index contributed by atoms with van der Waals surface area (Å²) in [6, 6.07) is 5.38. The molecule has 1 atom stereocenters. The van der Waals surface area contributed by atoms with Crippen LogP contribution in [0.25, 0.3) is 11.3 Å². The van der Waals surface area contributed by atoms with E-state index >= 15 is 4.39 Å². The number of carboxylic acid groups (broad SMARTS) is 1. The van der Waals surface area contributed by atoms with Gasteiger partial charge in [0.1, 0.15) is 17.7 Å². The summed E-state index contributed by atoms with van der Waals surface area (Å²) in [5.74, 6) is -1.61. The molecule has 1 aromatic carbocycles. The van der Waals surface area contributed by atoms with Crippen molar-refractivity contribution in [2.24, 2.45) is 7.05 Å². The van der Waals surface area contributed by atoms with Crippen molar-refractivity contribution >= 4 is 23.6 Å². The predicted octanol–water partition coefficient (Wildman–Crippen LogP) is 2.19. The maximum absolute atomic E-state index is 15.2. The first-order chi connectivity index (χ1) is 13.9. The molecule has 1 unspecified atom stereocenters. The van der Waals surface area contributed by atoms with E-state index in [4.69, 9.17) is 0 Å². The van der Waals surface area contributed by atoms with E-state index in [0.29, 0.717) is 17.1 Å². The number of aryl methyl sites for hydroxylation is 1. The second-order valence-corrected chi connectivity index (χ2v) is 6.64. The van der Waals surface area contributed by atoms with E-state index in [1.165, 1.54) is 25.3 Å². The third-order valence-corrected chi connectivity index (χ3v) is 4.86. The molecular formula is C19H17FN6O3. The Bertz CT molecular complexity index is 1130. The van der Waals surface area contributed by atoms with Gasteiger partial charge in [-0.15, -0.1) is 0 Å². The van der Waals surface area contributed by atoms with Gasteiger partial charge in [-0.25, -0.2) is 19.2 Å². The third kappa shape index (κ3) is 3.18. The van der Waals surface area contributed by atoms with Crippen molar-refractivity contribution in [2.75, 3.05) is 5.32 Å². The Morgan fingerprint density at radius 3 is 2.76 bits per heavy atom. The van der Waals surface area contributed by atoms with Crippen LogP contribution in [0.5, 0.6) is 0 Å². The molecule has 2 N–H and O–H groups in total. The van der Waals surface area contributed by atoms with Gasteiger partial charge in [-0.1, -0.05) is 6.07 Å². The number of carboxylic acids is 1. The lowest BCUT2D eigenvalue weighted by molar-refractivity contribution is -0.141. The summed E-state index contributed by atoms with van der Waals surface area (Å²) in [5, 5.41) is 16.2. The third-order valence-electron chi connectivity index (χ3n) is 4.86. The summed E-state index contributed by atoms with van der Waals surface area (Å²) in [7, 11) is 1.75. The second kappa shape index (κ2) is 6.97. The zero-order chi connectivity index (χ0) is 20.7. The van der Waals surface area contributed by atoms with Crippen LogP contribution in [0.15, 0.2) is 36.7 Å². The summed E-state index contributed by atoms with van der Waals surface area (Å²) < 4.78 is 16.8. The van der Waals surface area contributed by atoms with E-state index in [-0.39, 0.29) is 23.6 Å². The molecule has 0 bridgehead atoms. The summed E-state index contributed by atoms with van der Waals surface area (Å²) in [5.41, 5.74) is 0.766. The fraction of sp³-hybridized carbons (Fsp3) is 0.211. The molecule has 1 aliphatic rings. The summed E-state index contributed by atoms with van der Waals surface area (Å²) >= 11 is 0. The van der Waals surface area contributed by atoms with Gasteiger partial charge in [0.2, 0.25) is 5.95 Å². The van der Waals surface area contributed by atoms with Gasteiger partial charge in [-0.3, -0.25) is 9.48 Å². The molecule has 148 valence electrons. The molecule has 10 heteroatoms. The first kappa shape index (κ1) is 18.5. The highest BCUT2D eigenvalue weighted by atomic mass is 19.1. The van der Waals surface area contributed by atoms with Crippen LogP contribution in [-0.4, -0.2) is 47.7 Å². The van der Waals surface area contributed by atoms with Crippen LogP contribution in [0, 0.1) is 5.82 Å². The van der Waals surface area contributed by atoms with Gasteiger partial charge in [0, 0.05) is 31.4 Å². The zero-order valence-corrected chi connectivity index (χ0v) is 15.6. The number of nitrogens with zero attached hydrogens (tertiary/aromatic N) is 5. The number of rotatable bonds is 5. The average Bonchev–Trinajstić information content (AvgIpc) is 3.25. The molecule has 0 radical (unpaired) electrons. The first-order valence-electron chi connectivity index (χ1n) is 8.80. The van der Waals surface area contributed by atoms with Crippen molar-refractivity contribution in [3.8, 4) is 11.3 Å². The zero-order valence-electron chi connectivity index (χ0n) is 15.6. The van der Waals surface area contributed by atoms with Crippen molar-refractivity contribution < 1.29 is 19.1 Å². The average molecular weight is 396 g/mol. The van der Waals surface area contributed by atoms with Gasteiger partial charge in [-0.2, -0.15) is 5.10 Å². The number of benzene rings is 1. The molecule has 1 amide bonds. The molecular weight excluding hydrogens is 379 g/mol. The summed E-state index contributed by atoms with van der Waals surface area (Å²) in [6.07, 6.45) is 3.09. The maximum atomic E-state index is 15.2. The van der Waals surface area contributed by atoms with Crippen LogP contribution in [0.3, 0.4) is 0 Å². The van der Waals surface area contributed by atoms with E-state index < -0.39 is 23.7 Å². The normalized spacial score (nSPS) is 14.0. The number of aromatic nitrogens is 4. The van der Waals surface area contributed by atoms with Gasteiger partial charge in [0.15, 0.2) is 0 Å². The Balaban J connectivity index is 1.68. The molecule has 0 saturated carbocycles. The smallest absolute Gasteiger partial charge is 0.326 e. The molecule has 9 nitrogen and oxygen atoms in total. The lowest BCUT2D eigenvalue weighted by Crippen LogP contribution is -2.39. The number of anilines is 2. The predicted molar refractivity (Wildman–Crippen MR) is 101 cm³/mol. The molecule has 0 fully saturated rings. The standard InChI is InChI=1S/C19H17FN6O3/c1-10(18(28)29)26-9-11-3-4-12(16(20)15(11)17(26)27)13-5-7-21-19(23-13)24-14-6-8-22-25(14)2/h3-8,10H,9H2,1-2H3,(H,28,29)(H,21,23,24). The summed E-state index contributed by atoms with van der Waals surface area (Å²) in [4.78, 5) is 33.5. The quantitative estimate of drug-likeness (QED) is 0.680. The van der Waals surface area contributed by atoms with E-state index in [9.17, 15) is 14.7 Å². The number of aliphatic carboxylic acids is 1.